The molecule has 0 amide bonds. The lowest BCUT2D eigenvalue weighted by molar-refractivity contribution is 0.00391. The smallest absolute Gasteiger partial charge is 0.0599 e. The van der Waals surface area contributed by atoms with E-state index in [1.807, 2.05) is 0 Å². The minimum atomic E-state index is 0.532. The van der Waals surface area contributed by atoms with E-state index in [0.29, 0.717) is 6.10 Å². The zero-order valence-electron chi connectivity index (χ0n) is 12.2. The molecule has 0 N–H and O–H groups in total. The Morgan fingerprint density at radius 3 is 2.39 bits per heavy atom. The molecule has 108 valence electrons. The van der Waals surface area contributed by atoms with Crippen molar-refractivity contribution in [2.24, 2.45) is 5.92 Å². The summed E-state index contributed by atoms with van der Waals surface area (Å²) in [5.74, 6) is 0.789. The number of likely N-dealkylation sites (tertiary alicyclic amines) is 1. The number of hydrogen-bond donors (Lipinski definition) is 0. The van der Waals surface area contributed by atoms with Gasteiger partial charge in [0, 0.05) is 31.6 Å². The van der Waals surface area contributed by atoms with Crippen LogP contribution in [0.1, 0.15) is 52.4 Å². The van der Waals surface area contributed by atoms with Crippen molar-refractivity contribution in [2.75, 3.05) is 31.6 Å². The largest absolute Gasteiger partial charge is 0.378 e. The number of halogens is 1. The minimum Gasteiger partial charge on any atom is -0.378 e. The molecule has 1 rings (SSSR count). The highest BCUT2D eigenvalue weighted by Crippen LogP contribution is 2.15. The van der Waals surface area contributed by atoms with E-state index in [1.165, 1.54) is 58.2 Å². The van der Waals surface area contributed by atoms with E-state index in [4.69, 9.17) is 4.74 Å². The fourth-order valence-electron chi connectivity index (χ4n) is 2.58. The van der Waals surface area contributed by atoms with Crippen LogP contribution >= 0.6 is 15.9 Å². The molecule has 0 bridgehead atoms. The number of alkyl halides is 1. The van der Waals surface area contributed by atoms with Crippen LogP contribution in [0.15, 0.2) is 0 Å². The SMILES string of the molecule is CC(C)CN1CCC(OCCCCCCBr)CC1. The van der Waals surface area contributed by atoms with Gasteiger partial charge >= 0.3 is 0 Å². The van der Waals surface area contributed by atoms with E-state index in [2.05, 4.69) is 34.7 Å². The summed E-state index contributed by atoms with van der Waals surface area (Å²) in [6.07, 6.45) is 8.18. The molecule has 3 heteroatoms. The second-order valence-corrected chi connectivity index (χ2v) is 6.66. The summed E-state index contributed by atoms with van der Waals surface area (Å²) >= 11 is 3.47. The highest BCUT2D eigenvalue weighted by molar-refractivity contribution is 9.09. The normalized spacial score (nSPS) is 18.7. The third-order valence-electron chi connectivity index (χ3n) is 3.54. The van der Waals surface area contributed by atoms with E-state index in [-0.39, 0.29) is 0 Å². The zero-order valence-corrected chi connectivity index (χ0v) is 13.8. The molecular weight excluding hydrogens is 290 g/mol. The van der Waals surface area contributed by atoms with Gasteiger partial charge in [0.2, 0.25) is 0 Å². The van der Waals surface area contributed by atoms with Gasteiger partial charge in [0.25, 0.3) is 0 Å². The fraction of sp³-hybridized carbons (Fsp3) is 1.00. The summed E-state index contributed by atoms with van der Waals surface area (Å²) in [6.45, 7) is 9.28. The van der Waals surface area contributed by atoms with Crippen LogP contribution in [0.3, 0.4) is 0 Å². The number of nitrogens with zero attached hydrogens (tertiary/aromatic N) is 1. The van der Waals surface area contributed by atoms with Gasteiger partial charge < -0.3 is 9.64 Å². The first-order valence-electron chi connectivity index (χ1n) is 7.62. The van der Waals surface area contributed by atoms with Gasteiger partial charge in [0.15, 0.2) is 0 Å². The van der Waals surface area contributed by atoms with Crippen LogP contribution in [-0.2, 0) is 4.74 Å². The van der Waals surface area contributed by atoms with Crippen LogP contribution in [0.25, 0.3) is 0 Å². The summed E-state index contributed by atoms with van der Waals surface area (Å²) in [5.41, 5.74) is 0. The Kier molecular flexibility index (Phi) is 9.34. The van der Waals surface area contributed by atoms with Crippen LogP contribution < -0.4 is 0 Å². The highest BCUT2D eigenvalue weighted by Gasteiger charge is 2.19. The van der Waals surface area contributed by atoms with Crippen LogP contribution in [0.5, 0.6) is 0 Å². The first kappa shape index (κ1) is 16.5. The van der Waals surface area contributed by atoms with E-state index >= 15 is 0 Å². The summed E-state index contributed by atoms with van der Waals surface area (Å²) in [4.78, 5) is 2.58. The maximum Gasteiger partial charge on any atom is 0.0599 e. The predicted octanol–water partition coefficient (Wildman–Crippen LogP) is 4.08. The Morgan fingerprint density at radius 2 is 1.78 bits per heavy atom. The first-order valence-corrected chi connectivity index (χ1v) is 8.74. The van der Waals surface area contributed by atoms with Gasteiger partial charge in [-0.2, -0.15) is 0 Å². The average Bonchev–Trinajstić information content (AvgIpc) is 2.35. The Bertz CT molecular complexity index is 191. The summed E-state index contributed by atoms with van der Waals surface area (Å²) in [6, 6.07) is 0. The summed E-state index contributed by atoms with van der Waals surface area (Å²) in [7, 11) is 0. The standard InChI is InChI=1S/C15H30BrNO/c1-14(2)13-17-10-7-15(8-11-17)18-12-6-4-3-5-9-16/h14-15H,3-13H2,1-2H3. The van der Waals surface area contributed by atoms with E-state index in [1.54, 1.807) is 0 Å². The molecule has 0 spiro atoms. The van der Waals surface area contributed by atoms with Gasteiger partial charge in [-0.15, -0.1) is 0 Å². The molecule has 1 aliphatic heterocycles. The Hall–Kier alpha value is 0.400. The highest BCUT2D eigenvalue weighted by atomic mass is 79.9. The molecule has 1 heterocycles. The molecule has 18 heavy (non-hydrogen) atoms. The maximum atomic E-state index is 5.98. The van der Waals surface area contributed by atoms with Crippen LogP contribution in [-0.4, -0.2) is 42.6 Å². The summed E-state index contributed by atoms with van der Waals surface area (Å²) < 4.78 is 5.98. The quantitative estimate of drug-likeness (QED) is 0.469. The van der Waals surface area contributed by atoms with Gasteiger partial charge in [-0.25, -0.2) is 0 Å². The van der Waals surface area contributed by atoms with Crippen molar-refractivity contribution in [1.82, 2.24) is 4.90 Å². The lowest BCUT2D eigenvalue weighted by Crippen LogP contribution is -2.39. The molecule has 0 unspecified atom stereocenters. The first-order chi connectivity index (χ1) is 8.72. The molecule has 0 aliphatic carbocycles. The Balaban J connectivity index is 1.95. The number of ether oxygens (including phenoxy) is 1. The monoisotopic (exact) mass is 319 g/mol. The van der Waals surface area contributed by atoms with Crippen molar-refractivity contribution in [3.05, 3.63) is 0 Å². The number of hydrogen-bond acceptors (Lipinski definition) is 2. The molecular formula is C15H30BrNO. The molecule has 2 nitrogen and oxygen atoms in total. The van der Waals surface area contributed by atoms with Gasteiger partial charge in [-0.3, -0.25) is 0 Å². The van der Waals surface area contributed by atoms with E-state index in [9.17, 15) is 0 Å². The second kappa shape index (κ2) is 10.2. The topological polar surface area (TPSA) is 12.5 Å². The molecule has 0 aromatic heterocycles. The predicted molar refractivity (Wildman–Crippen MR) is 82.5 cm³/mol. The van der Waals surface area contributed by atoms with Gasteiger partial charge in [-0.1, -0.05) is 42.6 Å². The lowest BCUT2D eigenvalue weighted by atomic mass is 10.1. The van der Waals surface area contributed by atoms with Gasteiger partial charge in [-0.05, 0) is 31.6 Å². The number of unbranched alkanes of at least 4 members (excludes halogenated alkanes) is 3. The van der Waals surface area contributed by atoms with Crippen molar-refractivity contribution in [3.8, 4) is 0 Å². The van der Waals surface area contributed by atoms with Gasteiger partial charge in [0.1, 0.15) is 0 Å². The third kappa shape index (κ3) is 7.75. The van der Waals surface area contributed by atoms with Crippen molar-refractivity contribution in [2.45, 2.75) is 58.5 Å². The number of piperidine rings is 1. The Labute approximate surface area is 122 Å². The fourth-order valence-corrected chi connectivity index (χ4v) is 2.97. The molecule has 1 saturated heterocycles. The number of rotatable bonds is 9. The van der Waals surface area contributed by atoms with Crippen LogP contribution in [0, 0.1) is 5.92 Å². The van der Waals surface area contributed by atoms with Crippen molar-refractivity contribution in [1.29, 1.82) is 0 Å². The molecule has 0 aromatic rings. The Morgan fingerprint density at radius 1 is 1.11 bits per heavy atom. The second-order valence-electron chi connectivity index (χ2n) is 5.87. The van der Waals surface area contributed by atoms with Crippen molar-refractivity contribution < 1.29 is 4.74 Å². The van der Waals surface area contributed by atoms with Crippen molar-refractivity contribution in [3.63, 3.8) is 0 Å². The molecule has 1 fully saturated rings. The van der Waals surface area contributed by atoms with E-state index < -0.39 is 0 Å². The minimum absolute atomic E-state index is 0.532. The van der Waals surface area contributed by atoms with Crippen LogP contribution in [0.4, 0.5) is 0 Å². The molecule has 0 atom stereocenters. The van der Waals surface area contributed by atoms with Crippen molar-refractivity contribution >= 4 is 15.9 Å². The lowest BCUT2D eigenvalue weighted by Gasteiger charge is -2.32. The maximum absolute atomic E-state index is 5.98. The van der Waals surface area contributed by atoms with Gasteiger partial charge in [0.05, 0.1) is 6.10 Å². The van der Waals surface area contributed by atoms with E-state index in [0.717, 1.165) is 17.9 Å². The average molecular weight is 320 g/mol. The molecule has 1 aliphatic rings. The zero-order chi connectivity index (χ0) is 13.2. The molecule has 0 aromatic carbocycles. The molecule has 0 radical (unpaired) electrons. The third-order valence-corrected chi connectivity index (χ3v) is 4.10. The molecule has 0 saturated carbocycles. The summed E-state index contributed by atoms with van der Waals surface area (Å²) in [5, 5.41) is 1.14. The van der Waals surface area contributed by atoms with Crippen LogP contribution in [0.2, 0.25) is 0 Å².